The fraction of sp³-hybridized carbons (Fsp3) is 0.190. The smallest absolute Gasteiger partial charge is 0.267 e. The van der Waals surface area contributed by atoms with Crippen LogP contribution in [0.25, 0.3) is 10.8 Å². The van der Waals surface area contributed by atoms with E-state index in [1.54, 1.807) is 30.5 Å². The number of anilines is 2. The minimum absolute atomic E-state index is 0.325. The Kier molecular flexibility index (Phi) is 3.65. The minimum atomic E-state index is -0.325. The third-order valence-electron chi connectivity index (χ3n) is 5.22. The zero-order valence-corrected chi connectivity index (χ0v) is 14.7. The molecule has 3 aromatic rings. The Morgan fingerprint density at radius 1 is 0.852 bits per heavy atom. The maximum atomic E-state index is 13.1. The van der Waals surface area contributed by atoms with Crippen molar-refractivity contribution >= 4 is 34.1 Å². The van der Waals surface area contributed by atoms with Gasteiger partial charge in [0, 0.05) is 60.0 Å². The highest BCUT2D eigenvalue weighted by molar-refractivity contribution is 6.36. The van der Waals surface area contributed by atoms with Gasteiger partial charge in [-0.15, -0.1) is 0 Å². The molecule has 1 saturated heterocycles. The third kappa shape index (κ3) is 2.41. The van der Waals surface area contributed by atoms with Crippen molar-refractivity contribution in [1.29, 1.82) is 0 Å². The molecule has 134 valence electrons. The van der Waals surface area contributed by atoms with E-state index in [1.165, 1.54) is 4.90 Å². The molecule has 1 N–H and O–H groups in total. The molecule has 2 amide bonds. The molecular formula is C21H18N4O2. The van der Waals surface area contributed by atoms with Gasteiger partial charge < -0.3 is 10.2 Å². The van der Waals surface area contributed by atoms with Gasteiger partial charge in [-0.05, 0) is 30.3 Å². The first-order chi connectivity index (χ1) is 13.3. The van der Waals surface area contributed by atoms with Crippen molar-refractivity contribution in [1.82, 2.24) is 10.3 Å². The topological polar surface area (TPSA) is 65.5 Å². The van der Waals surface area contributed by atoms with Crippen LogP contribution >= 0.6 is 0 Å². The summed E-state index contributed by atoms with van der Waals surface area (Å²) in [5.41, 5.74) is 2.17. The summed E-state index contributed by atoms with van der Waals surface area (Å²) in [7, 11) is 0. The molecule has 2 aromatic carbocycles. The van der Waals surface area contributed by atoms with Gasteiger partial charge in [0.25, 0.3) is 11.8 Å². The van der Waals surface area contributed by atoms with Crippen molar-refractivity contribution in [3.05, 3.63) is 65.9 Å². The van der Waals surface area contributed by atoms with Gasteiger partial charge >= 0.3 is 0 Å². The van der Waals surface area contributed by atoms with Gasteiger partial charge in [0.05, 0.1) is 0 Å². The number of benzene rings is 2. The zero-order chi connectivity index (χ0) is 18.4. The van der Waals surface area contributed by atoms with E-state index in [0.29, 0.717) is 16.9 Å². The number of carbonyl (C=O) groups is 2. The lowest BCUT2D eigenvalue weighted by Crippen LogP contribution is -2.44. The van der Waals surface area contributed by atoms with Crippen LogP contribution in [0.1, 0.15) is 20.7 Å². The van der Waals surface area contributed by atoms with Gasteiger partial charge in [-0.2, -0.15) is 0 Å². The highest BCUT2D eigenvalue weighted by Gasteiger charge is 2.35. The Labute approximate surface area is 156 Å². The predicted octanol–water partition coefficient (Wildman–Crippen LogP) is 2.45. The molecule has 0 spiro atoms. The Bertz CT molecular complexity index is 1040. The van der Waals surface area contributed by atoms with Crippen LogP contribution in [0, 0.1) is 0 Å². The number of hydrogen-bond acceptors (Lipinski definition) is 5. The van der Waals surface area contributed by atoms with Crippen molar-refractivity contribution in [3.8, 4) is 0 Å². The number of amides is 2. The Morgan fingerprint density at radius 2 is 1.63 bits per heavy atom. The summed E-state index contributed by atoms with van der Waals surface area (Å²) in [6, 6.07) is 14.7. The molecule has 1 aromatic heterocycles. The number of pyridine rings is 1. The first-order valence-electron chi connectivity index (χ1n) is 9.07. The van der Waals surface area contributed by atoms with Crippen LogP contribution in [0.3, 0.4) is 0 Å². The summed E-state index contributed by atoms with van der Waals surface area (Å²) in [4.78, 5) is 34.0. The maximum absolute atomic E-state index is 13.1. The van der Waals surface area contributed by atoms with E-state index in [0.717, 1.165) is 42.6 Å². The van der Waals surface area contributed by atoms with E-state index in [9.17, 15) is 9.59 Å². The van der Waals surface area contributed by atoms with E-state index in [2.05, 4.69) is 15.2 Å². The van der Waals surface area contributed by atoms with Gasteiger partial charge in [0.1, 0.15) is 5.82 Å². The molecule has 0 unspecified atom stereocenters. The molecule has 5 rings (SSSR count). The van der Waals surface area contributed by atoms with Crippen LogP contribution in [0.4, 0.5) is 11.5 Å². The number of piperazine rings is 1. The second-order valence-electron chi connectivity index (χ2n) is 6.73. The van der Waals surface area contributed by atoms with Crippen molar-refractivity contribution in [2.75, 3.05) is 36.0 Å². The van der Waals surface area contributed by atoms with Gasteiger partial charge in [-0.1, -0.05) is 18.2 Å². The summed E-state index contributed by atoms with van der Waals surface area (Å²) in [5.74, 6) is -0.301. The third-order valence-corrected chi connectivity index (χ3v) is 5.22. The molecule has 0 atom stereocenters. The number of rotatable bonds is 2. The average Bonchev–Trinajstić information content (AvgIpc) is 2.73. The van der Waals surface area contributed by atoms with Crippen LogP contribution in [-0.4, -0.2) is 43.0 Å². The van der Waals surface area contributed by atoms with Gasteiger partial charge in [-0.25, -0.2) is 9.88 Å². The quantitative estimate of drug-likeness (QED) is 0.713. The van der Waals surface area contributed by atoms with Crippen LogP contribution in [0.15, 0.2) is 54.7 Å². The summed E-state index contributed by atoms with van der Waals surface area (Å²) in [6.07, 6.45) is 1.58. The number of carbonyl (C=O) groups excluding carboxylic acids is 2. The molecule has 0 bridgehead atoms. The van der Waals surface area contributed by atoms with Crippen molar-refractivity contribution in [3.63, 3.8) is 0 Å². The molecule has 6 heteroatoms. The molecule has 2 aliphatic rings. The Balaban J connectivity index is 1.70. The second kappa shape index (κ2) is 6.17. The molecule has 0 saturated carbocycles. The Hall–Kier alpha value is -3.25. The number of imide groups is 1. The summed E-state index contributed by atoms with van der Waals surface area (Å²) >= 11 is 0. The summed E-state index contributed by atoms with van der Waals surface area (Å²) in [5, 5.41) is 5.05. The standard InChI is InChI=1S/C21H18N4O2/c26-20-15-5-3-4-14-17(24-12-10-22-11-13-24)8-7-16(19(14)15)21(27)25(20)18-6-1-2-9-23-18/h1-9,22H,10-13H2. The van der Waals surface area contributed by atoms with Crippen LogP contribution in [0.5, 0.6) is 0 Å². The normalized spacial score (nSPS) is 16.9. The molecule has 0 aliphatic carbocycles. The molecule has 0 radical (unpaired) electrons. The largest absolute Gasteiger partial charge is 0.368 e. The minimum Gasteiger partial charge on any atom is -0.368 e. The first-order valence-corrected chi connectivity index (χ1v) is 9.07. The molecule has 2 aliphatic heterocycles. The zero-order valence-electron chi connectivity index (χ0n) is 14.7. The lowest BCUT2D eigenvalue weighted by Gasteiger charge is -2.32. The number of nitrogens with one attached hydrogen (secondary N) is 1. The van der Waals surface area contributed by atoms with Crippen molar-refractivity contribution in [2.24, 2.45) is 0 Å². The predicted molar refractivity (Wildman–Crippen MR) is 104 cm³/mol. The SMILES string of the molecule is O=C1c2cccc3c(N4CCNCC4)ccc(c23)C(=O)N1c1ccccn1. The fourth-order valence-electron chi connectivity index (χ4n) is 3.96. The number of nitrogens with zero attached hydrogens (tertiary/aromatic N) is 3. The highest BCUT2D eigenvalue weighted by atomic mass is 16.2. The summed E-state index contributed by atoms with van der Waals surface area (Å²) in [6.45, 7) is 3.66. The molecular weight excluding hydrogens is 340 g/mol. The molecule has 27 heavy (non-hydrogen) atoms. The molecule has 3 heterocycles. The molecule has 6 nitrogen and oxygen atoms in total. The van der Waals surface area contributed by atoms with Crippen LogP contribution in [-0.2, 0) is 0 Å². The monoisotopic (exact) mass is 358 g/mol. The number of hydrogen-bond donors (Lipinski definition) is 1. The summed E-state index contributed by atoms with van der Waals surface area (Å²) < 4.78 is 0. The van der Waals surface area contributed by atoms with Gasteiger partial charge in [0.15, 0.2) is 0 Å². The average molecular weight is 358 g/mol. The van der Waals surface area contributed by atoms with E-state index in [4.69, 9.17) is 0 Å². The maximum Gasteiger partial charge on any atom is 0.267 e. The first kappa shape index (κ1) is 16.0. The second-order valence-corrected chi connectivity index (χ2v) is 6.73. The van der Waals surface area contributed by atoms with Gasteiger partial charge in [-0.3, -0.25) is 9.59 Å². The highest BCUT2D eigenvalue weighted by Crippen LogP contribution is 2.37. The van der Waals surface area contributed by atoms with E-state index < -0.39 is 0 Å². The van der Waals surface area contributed by atoms with E-state index >= 15 is 0 Å². The van der Waals surface area contributed by atoms with E-state index in [1.807, 2.05) is 24.3 Å². The lowest BCUT2D eigenvalue weighted by atomic mass is 9.92. The fourth-order valence-corrected chi connectivity index (χ4v) is 3.96. The van der Waals surface area contributed by atoms with Crippen molar-refractivity contribution in [2.45, 2.75) is 0 Å². The lowest BCUT2D eigenvalue weighted by molar-refractivity contribution is 0.0892. The Morgan fingerprint density at radius 3 is 2.37 bits per heavy atom. The van der Waals surface area contributed by atoms with Crippen molar-refractivity contribution < 1.29 is 9.59 Å². The van der Waals surface area contributed by atoms with Crippen LogP contribution in [0.2, 0.25) is 0 Å². The molecule has 1 fully saturated rings. The van der Waals surface area contributed by atoms with Crippen LogP contribution < -0.4 is 15.1 Å². The van der Waals surface area contributed by atoms with E-state index in [-0.39, 0.29) is 11.8 Å². The number of aromatic nitrogens is 1. The van der Waals surface area contributed by atoms with Gasteiger partial charge in [0.2, 0.25) is 0 Å².